The van der Waals surface area contributed by atoms with E-state index in [1.54, 1.807) is 11.3 Å². The fourth-order valence-corrected chi connectivity index (χ4v) is 3.84. The van der Waals surface area contributed by atoms with E-state index in [0.717, 1.165) is 22.4 Å². The minimum atomic E-state index is 0.128. The molecule has 2 heterocycles. The van der Waals surface area contributed by atoms with Crippen LogP contribution in [0.2, 0.25) is 0 Å². The summed E-state index contributed by atoms with van der Waals surface area (Å²) in [6.07, 6.45) is 0.932. The Morgan fingerprint density at radius 1 is 1.47 bits per heavy atom. The molecule has 0 fully saturated rings. The average Bonchev–Trinajstić information content (AvgIpc) is 2.88. The van der Waals surface area contributed by atoms with Gasteiger partial charge in [0, 0.05) is 20.6 Å². The van der Waals surface area contributed by atoms with Gasteiger partial charge < -0.3 is 9.73 Å². The van der Waals surface area contributed by atoms with Crippen LogP contribution in [0.4, 0.5) is 0 Å². The lowest BCUT2D eigenvalue weighted by atomic mass is 10.2. The molecule has 0 amide bonds. The van der Waals surface area contributed by atoms with Crippen molar-refractivity contribution in [1.29, 1.82) is 0 Å². The van der Waals surface area contributed by atoms with Crippen LogP contribution >= 0.6 is 27.3 Å². The van der Waals surface area contributed by atoms with Crippen LogP contribution in [0.5, 0.6) is 0 Å². The minimum absolute atomic E-state index is 0.128. The fraction of sp³-hybridized carbons (Fsp3) is 0.385. The summed E-state index contributed by atoms with van der Waals surface area (Å²) in [6, 6.07) is 6.38. The van der Waals surface area contributed by atoms with E-state index in [4.69, 9.17) is 4.42 Å². The highest BCUT2D eigenvalue weighted by molar-refractivity contribution is 9.10. The summed E-state index contributed by atoms with van der Waals surface area (Å²) in [5.74, 6) is 2.01. The summed E-state index contributed by atoms with van der Waals surface area (Å²) in [5, 5.41) is 3.31. The highest BCUT2D eigenvalue weighted by Gasteiger charge is 2.20. The van der Waals surface area contributed by atoms with E-state index in [1.807, 2.05) is 13.1 Å². The highest BCUT2D eigenvalue weighted by Crippen LogP contribution is 2.35. The predicted octanol–water partition coefficient (Wildman–Crippen LogP) is 4.28. The van der Waals surface area contributed by atoms with E-state index < -0.39 is 0 Å². The van der Waals surface area contributed by atoms with Crippen molar-refractivity contribution in [1.82, 2.24) is 5.32 Å². The lowest BCUT2D eigenvalue weighted by Gasteiger charge is -2.12. The fourth-order valence-electron chi connectivity index (χ4n) is 1.84. The van der Waals surface area contributed by atoms with Crippen molar-refractivity contribution in [3.8, 4) is 0 Å². The van der Waals surface area contributed by atoms with Gasteiger partial charge in [0.2, 0.25) is 0 Å². The van der Waals surface area contributed by atoms with E-state index in [9.17, 15) is 0 Å². The Morgan fingerprint density at radius 3 is 2.71 bits per heavy atom. The molecule has 2 aromatic heterocycles. The largest absolute Gasteiger partial charge is 0.464 e. The number of nitrogens with one attached hydrogen (secondary N) is 1. The lowest BCUT2D eigenvalue weighted by Crippen LogP contribution is -2.16. The Balaban J connectivity index is 2.36. The maximum atomic E-state index is 5.83. The second-order valence-corrected chi connectivity index (χ2v) is 6.09. The molecule has 0 spiro atoms. The molecule has 2 aromatic rings. The van der Waals surface area contributed by atoms with E-state index in [-0.39, 0.29) is 6.04 Å². The third-order valence-corrected chi connectivity index (χ3v) is 4.74. The Kier molecular flexibility index (Phi) is 4.07. The average molecular weight is 314 g/mol. The van der Waals surface area contributed by atoms with Gasteiger partial charge in [0.25, 0.3) is 0 Å². The molecular weight excluding hydrogens is 298 g/mol. The van der Waals surface area contributed by atoms with Crippen molar-refractivity contribution in [3.63, 3.8) is 0 Å². The van der Waals surface area contributed by atoms with Gasteiger partial charge in [0.1, 0.15) is 17.6 Å². The molecule has 0 saturated carbocycles. The normalized spacial score (nSPS) is 12.9. The molecule has 0 aromatic carbocycles. The zero-order valence-corrected chi connectivity index (χ0v) is 12.6. The number of aryl methyl sites for hydroxylation is 2. The zero-order chi connectivity index (χ0) is 12.4. The molecule has 4 heteroatoms. The SMILES string of the molecule is CCc1ccc(C(NC)c2sc(C)cc2Br)o1. The van der Waals surface area contributed by atoms with Crippen LogP contribution < -0.4 is 5.32 Å². The molecule has 0 aliphatic carbocycles. The van der Waals surface area contributed by atoms with Crippen molar-refractivity contribution in [2.45, 2.75) is 26.3 Å². The third kappa shape index (κ3) is 2.64. The molecule has 1 N–H and O–H groups in total. The number of thiophene rings is 1. The van der Waals surface area contributed by atoms with Gasteiger partial charge in [-0.1, -0.05) is 6.92 Å². The lowest BCUT2D eigenvalue weighted by molar-refractivity contribution is 0.436. The first-order valence-electron chi connectivity index (χ1n) is 5.67. The Morgan fingerprint density at radius 2 is 2.24 bits per heavy atom. The molecule has 0 aliphatic heterocycles. The van der Waals surface area contributed by atoms with Gasteiger partial charge in [0.15, 0.2) is 0 Å². The van der Waals surface area contributed by atoms with Gasteiger partial charge in [-0.05, 0) is 48.1 Å². The monoisotopic (exact) mass is 313 g/mol. The molecule has 92 valence electrons. The summed E-state index contributed by atoms with van der Waals surface area (Å²) in [7, 11) is 1.96. The molecule has 0 aliphatic rings. The molecule has 1 unspecified atom stereocenters. The van der Waals surface area contributed by atoms with Crippen LogP contribution in [0.25, 0.3) is 0 Å². The van der Waals surface area contributed by atoms with Crippen molar-refractivity contribution >= 4 is 27.3 Å². The van der Waals surface area contributed by atoms with Crippen LogP contribution in [0.1, 0.15) is 34.2 Å². The van der Waals surface area contributed by atoms with Crippen LogP contribution in [-0.4, -0.2) is 7.05 Å². The summed E-state index contributed by atoms with van der Waals surface area (Å²) >= 11 is 5.40. The maximum Gasteiger partial charge on any atom is 0.126 e. The van der Waals surface area contributed by atoms with Gasteiger partial charge in [0.05, 0.1) is 0 Å². The van der Waals surface area contributed by atoms with Crippen molar-refractivity contribution in [2.75, 3.05) is 7.05 Å². The van der Waals surface area contributed by atoms with Crippen LogP contribution in [0.3, 0.4) is 0 Å². The van der Waals surface area contributed by atoms with Crippen molar-refractivity contribution < 1.29 is 4.42 Å². The Bertz CT molecular complexity index is 503. The molecular formula is C13H16BrNOS. The smallest absolute Gasteiger partial charge is 0.126 e. The Labute approximate surface area is 114 Å². The van der Waals surface area contributed by atoms with Crippen molar-refractivity contribution in [3.05, 3.63) is 43.9 Å². The van der Waals surface area contributed by atoms with Gasteiger partial charge in [-0.25, -0.2) is 0 Å². The molecule has 2 nitrogen and oxygen atoms in total. The van der Waals surface area contributed by atoms with Gasteiger partial charge >= 0.3 is 0 Å². The third-order valence-electron chi connectivity index (χ3n) is 2.70. The van der Waals surface area contributed by atoms with Gasteiger partial charge in [-0.3, -0.25) is 0 Å². The van der Waals surface area contributed by atoms with E-state index in [1.165, 1.54) is 9.75 Å². The standard InChI is InChI=1S/C13H16BrNOS/c1-4-9-5-6-11(16-9)12(15-3)13-10(14)7-8(2)17-13/h5-7,12,15H,4H2,1-3H3. The maximum absolute atomic E-state index is 5.83. The zero-order valence-electron chi connectivity index (χ0n) is 10.2. The molecule has 2 rings (SSSR count). The number of halogens is 1. The highest BCUT2D eigenvalue weighted by atomic mass is 79.9. The number of hydrogen-bond acceptors (Lipinski definition) is 3. The second kappa shape index (κ2) is 5.38. The number of furan rings is 1. The first kappa shape index (κ1) is 12.9. The van der Waals surface area contributed by atoms with Crippen LogP contribution in [0.15, 0.2) is 27.1 Å². The van der Waals surface area contributed by atoms with E-state index in [0.29, 0.717) is 0 Å². The molecule has 0 bridgehead atoms. The topological polar surface area (TPSA) is 25.2 Å². The summed E-state index contributed by atoms with van der Waals surface area (Å²) < 4.78 is 6.97. The molecule has 0 radical (unpaired) electrons. The minimum Gasteiger partial charge on any atom is -0.464 e. The second-order valence-electron chi connectivity index (χ2n) is 3.95. The molecule has 17 heavy (non-hydrogen) atoms. The van der Waals surface area contributed by atoms with Gasteiger partial charge in [-0.2, -0.15) is 0 Å². The van der Waals surface area contributed by atoms with E-state index in [2.05, 4.69) is 47.2 Å². The van der Waals surface area contributed by atoms with Gasteiger partial charge in [-0.15, -0.1) is 11.3 Å². The number of rotatable bonds is 4. The van der Waals surface area contributed by atoms with Crippen molar-refractivity contribution in [2.24, 2.45) is 0 Å². The van der Waals surface area contributed by atoms with Crippen LogP contribution in [0, 0.1) is 6.92 Å². The van der Waals surface area contributed by atoms with Crippen LogP contribution in [-0.2, 0) is 6.42 Å². The first-order chi connectivity index (χ1) is 8.15. The van der Waals surface area contributed by atoms with E-state index >= 15 is 0 Å². The summed E-state index contributed by atoms with van der Waals surface area (Å²) in [4.78, 5) is 2.57. The molecule has 1 atom stereocenters. The quantitative estimate of drug-likeness (QED) is 0.911. The summed E-state index contributed by atoms with van der Waals surface area (Å²) in [5.41, 5.74) is 0. The molecule has 0 saturated heterocycles. The first-order valence-corrected chi connectivity index (χ1v) is 7.28. The predicted molar refractivity (Wildman–Crippen MR) is 75.7 cm³/mol. The number of hydrogen-bond donors (Lipinski definition) is 1. The Hall–Kier alpha value is -0.580. The summed E-state index contributed by atoms with van der Waals surface area (Å²) in [6.45, 7) is 4.22.